The van der Waals surface area contributed by atoms with Gasteiger partial charge >= 0.3 is 5.97 Å². The van der Waals surface area contributed by atoms with Gasteiger partial charge < -0.3 is 19.5 Å². The normalized spacial score (nSPS) is 10.0. The van der Waals surface area contributed by atoms with Crippen molar-refractivity contribution in [2.45, 2.75) is 6.92 Å². The Balaban J connectivity index is 1.77. The number of hydrogen-bond acceptors (Lipinski definition) is 7. The number of carbonyl (C=O) groups is 2. The Morgan fingerprint density at radius 1 is 1.07 bits per heavy atom. The molecule has 2 rings (SSSR count). The molecule has 0 aliphatic heterocycles. The number of nitro benzene ring substituents is 1. The van der Waals surface area contributed by atoms with E-state index in [9.17, 15) is 19.7 Å². The minimum absolute atomic E-state index is 0.0763. The number of amides is 1. The van der Waals surface area contributed by atoms with Crippen molar-refractivity contribution in [1.29, 1.82) is 0 Å². The average Bonchev–Trinajstić information content (AvgIpc) is 2.66. The van der Waals surface area contributed by atoms with Crippen LogP contribution >= 0.6 is 0 Å². The summed E-state index contributed by atoms with van der Waals surface area (Å²) in [6, 6.07) is 10.7. The third-order valence-electron chi connectivity index (χ3n) is 3.48. The summed E-state index contributed by atoms with van der Waals surface area (Å²) in [6.07, 6.45) is 0. The molecule has 0 aromatic heterocycles. The second-order valence-corrected chi connectivity index (χ2v) is 5.43. The third-order valence-corrected chi connectivity index (χ3v) is 3.48. The molecule has 27 heavy (non-hydrogen) atoms. The van der Waals surface area contributed by atoms with E-state index in [0.717, 1.165) is 0 Å². The molecular weight excluding hydrogens is 356 g/mol. The monoisotopic (exact) mass is 374 g/mol. The predicted molar refractivity (Wildman–Crippen MR) is 95.9 cm³/mol. The second-order valence-electron chi connectivity index (χ2n) is 5.43. The standard InChI is InChI=1S/C18H18N2O7/c1-12-9-13(20(23)24)3-8-16(12)19-17(21)10-27-18(22)11-26-15-6-4-14(25-2)5-7-15/h3-9H,10-11H2,1-2H3,(H,19,21). The molecule has 9 heteroatoms. The zero-order chi connectivity index (χ0) is 19.8. The van der Waals surface area contributed by atoms with Gasteiger partial charge in [-0.3, -0.25) is 14.9 Å². The highest BCUT2D eigenvalue weighted by atomic mass is 16.6. The fourth-order valence-corrected chi connectivity index (χ4v) is 2.09. The Hall–Kier alpha value is -3.62. The number of benzene rings is 2. The minimum atomic E-state index is -0.707. The van der Waals surface area contributed by atoms with Crippen LogP contribution < -0.4 is 14.8 Å². The molecule has 0 spiro atoms. The second kappa shape index (κ2) is 9.18. The summed E-state index contributed by atoms with van der Waals surface area (Å²) in [6.45, 7) is 0.773. The number of methoxy groups -OCH3 is 1. The highest BCUT2D eigenvalue weighted by Gasteiger charge is 2.12. The van der Waals surface area contributed by atoms with Gasteiger partial charge in [0, 0.05) is 17.8 Å². The molecule has 0 aliphatic rings. The van der Waals surface area contributed by atoms with E-state index in [0.29, 0.717) is 22.7 Å². The summed E-state index contributed by atoms with van der Waals surface area (Å²) in [7, 11) is 1.54. The first-order valence-electron chi connectivity index (χ1n) is 7.86. The van der Waals surface area contributed by atoms with Gasteiger partial charge in [-0.25, -0.2) is 4.79 Å². The van der Waals surface area contributed by atoms with E-state index < -0.39 is 23.4 Å². The molecule has 0 saturated carbocycles. The van der Waals surface area contributed by atoms with Crippen molar-refractivity contribution in [3.05, 3.63) is 58.1 Å². The molecule has 0 bridgehead atoms. The van der Waals surface area contributed by atoms with Gasteiger partial charge in [0.25, 0.3) is 11.6 Å². The summed E-state index contributed by atoms with van der Waals surface area (Å²) in [5.41, 5.74) is 0.843. The number of hydrogen-bond donors (Lipinski definition) is 1. The summed E-state index contributed by atoms with van der Waals surface area (Å²) < 4.78 is 15.1. The van der Waals surface area contributed by atoms with E-state index in [1.807, 2.05) is 0 Å². The van der Waals surface area contributed by atoms with Crippen molar-refractivity contribution in [1.82, 2.24) is 0 Å². The molecule has 0 atom stereocenters. The molecule has 0 unspecified atom stereocenters. The Labute approximate surface area is 155 Å². The van der Waals surface area contributed by atoms with Crippen molar-refractivity contribution >= 4 is 23.3 Å². The summed E-state index contributed by atoms with van der Waals surface area (Å²) in [5.74, 6) is -0.159. The van der Waals surface area contributed by atoms with Gasteiger partial charge in [-0.05, 0) is 42.8 Å². The fourth-order valence-electron chi connectivity index (χ4n) is 2.09. The van der Waals surface area contributed by atoms with Crippen LogP contribution in [0.4, 0.5) is 11.4 Å². The maximum absolute atomic E-state index is 11.9. The molecular formula is C18H18N2O7. The lowest BCUT2D eigenvalue weighted by Gasteiger charge is -2.09. The van der Waals surface area contributed by atoms with E-state index in [4.69, 9.17) is 14.2 Å². The quantitative estimate of drug-likeness (QED) is 0.428. The lowest BCUT2D eigenvalue weighted by molar-refractivity contribution is -0.384. The number of non-ortho nitro benzene ring substituents is 1. The zero-order valence-electron chi connectivity index (χ0n) is 14.8. The molecule has 1 N–H and O–H groups in total. The number of ether oxygens (including phenoxy) is 3. The first-order valence-corrected chi connectivity index (χ1v) is 7.86. The molecule has 2 aromatic rings. The number of nitrogens with one attached hydrogen (secondary N) is 1. The number of aryl methyl sites for hydroxylation is 1. The molecule has 0 fully saturated rings. The molecule has 0 saturated heterocycles. The van der Waals surface area contributed by atoms with Crippen LogP contribution in [0.5, 0.6) is 11.5 Å². The van der Waals surface area contributed by atoms with Crippen LogP contribution in [0.1, 0.15) is 5.56 Å². The van der Waals surface area contributed by atoms with E-state index in [1.54, 1.807) is 31.2 Å². The Bertz CT molecular complexity index is 834. The van der Waals surface area contributed by atoms with Crippen LogP contribution in [0.3, 0.4) is 0 Å². The third kappa shape index (κ3) is 5.99. The van der Waals surface area contributed by atoms with Gasteiger partial charge in [0.1, 0.15) is 11.5 Å². The highest BCUT2D eigenvalue weighted by molar-refractivity contribution is 5.93. The molecule has 2 aromatic carbocycles. The van der Waals surface area contributed by atoms with Crippen LogP contribution in [0.25, 0.3) is 0 Å². The first kappa shape index (κ1) is 19.7. The number of anilines is 1. The zero-order valence-corrected chi connectivity index (χ0v) is 14.8. The van der Waals surface area contributed by atoms with Crippen LogP contribution in [-0.4, -0.2) is 37.1 Å². The first-order chi connectivity index (χ1) is 12.9. The van der Waals surface area contributed by atoms with Crippen LogP contribution in [0.2, 0.25) is 0 Å². The molecule has 142 valence electrons. The highest BCUT2D eigenvalue weighted by Crippen LogP contribution is 2.21. The Morgan fingerprint density at radius 3 is 2.33 bits per heavy atom. The van der Waals surface area contributed by atoms with Gasteiger partial charge in [-0.1, -0.05) is 0 Å². The molecule has 9 nitrogen and oxygen atoms in total. The summed E-state index contributed by atoms with van der Waals surface area (Å²) in [5, 5.41) is 13.2. The number of nitrogens with zero attached hydrogens (tertiary/aromatic N) is 1. The Kier molecular flexibility index (Phi) is 6.70. The number of nitro groups is 1. The molecule has 0 aliphatic carbocycles. The maximum atomic E-state index is 11.9. The van der Waals surface area contributed by atoms with Crippen LogP contribution in [0.15, 0.2) is 42.5 Å². The topological polar surface area (TPSA) is 117 Å². The van der Waals surface area contributed by atoms with Gasteiger partial charge in [-0.15, -0.1) is 0 Å². The van der Waals surface area contributed by atoms with Gasteiger partial charge in [0.05, 0.1) is 12.0 Å². The van der Waals surface area contributed by atoms with Crippen LogP contribution in [0, 0.1) is 17.0 Å². The van der Waals surface area contributed by atoms with Crippen molar-refractivity contribution in [2.24, 2.45) is 0 Å². The molecule has 0 heterocycles. The number of rotatable bonds is 8. The number of esters is 1. The average molecular weight is 374 g/mol. The largest absolute Gasteiger partial charge is 0.497 e. The van der Waals surface area contributed by atoms with Crippen molar-refractivity contribution in [2.75, 3.05) is 25.6 Å². The van der Waals surface area contributed by atoms with Crippen molar-refractivity contribution in [3.63, 3.8) is 0 Å². The molecule has 0 radical (unpaired) electrons. The maximum Gasteiger partial charge on any atom is 0.344 e. The minimum Gasteiger partial charge on any atom is -0.497 e. The van der Waals surface area contributed by atoms with Gasteiger partial charge in [-0.2, -0.15) is 0 Å². The van der Waals surface area contributed by atoms with E-state index in [2.05, 4.69) is 5.32 Å². The van der Waals surface area contributed by atoms with Crippen molar-refractivity contribution < 1.29 is 28.7 Å². The summed E-state index contributed by atoms with van der Waals surface area (Å²) in [4.78, 5) is 33.7. The van der Waals surface area contributed by atoms with Gasteiger partial charge in [0.2, 0.25) is 0 Å². The van der Waals surface area contributed by atoms with E-state index in [1.165, 1.54) is 25.3 Å². The molecule has 1 amide bonds. The lowest BCUT2D eigenvalue weighted by atomic mass is 10.2. The fraction of sp³-hybridized carbons (Fsp3) is 0.222. The lowest BCUT2D eigenvalue weighted by Crippen LogP contribution is -2.24. The predicted octanol–water partition coefficient (Wildman–Crippen LogP) is 2.47. The number of carbonyl (C=O) groups excluding carboxylic acids is 2. The van der Waals surface area contributed by atoms with Gasteiger partial charge in [0.15, 0.2) is 13.2 Å². The Morgan fingerprint density at radius 2 is 1.74 bits per heavy atom. The summed E-state index contributed by atoms with van der Waals surface area (Å²) >= 11 is 0. The SMILES string of the molecule is COc1ccc(OCC(=O)OCC(=O)Nc2ccc([N+](=O)[O-])cc2C)cc1. The van der Waals surface area contributed by atoms with E-state index in [-0.39, 0.29) is 12.3 Å². The van der Waals surface area contributed by atoms with Crippen LogP contribution in [-0.2, 0) is 14.3 Å². The van der Waals surface area contributed by atoms with Crippen molar-refractivity contribution in [3.8, 4) is 11.5 Å². The smallest absolute Gasteiger partial charge is 0.344 e. The van der Waals surface area contributed by atoms with E-state index >= 15 is 0 Å².